The van der Waals surface area contributed by atoms with Crippen LogP contribution in [0.15, 0.2) is 91.0 Å². The number of nitrogens with one attached hydrogen (secondary N) is 1. The molecule has 0 bridgehead atoms. The van der Waals surface area contributed by atoms with Gasteiger partial charge in [0.25, 0.3) is 0 Å². The molecule has 4 aromatic carbocycles. The van der Waals surface area contributed by atoms with Crippen LogP contribution in [0.1, 0.15) is 24.9 Å². The van der Waals surface area contributed by atoms with Gasteiger partial charge in [0.05, 0.1) is 19.3 Å². The second-order valence-corrected chi connectivity index (χ2v) is 9.21. The smallest absolute Gasteiger partial charge is 0.343 e. The summed E-state index contributed by atoms with van der Waals surface area (Å²) in [5, 5.41) is 6.24. The van der Waals surface area contributed by atoms with Crippen molar-refractivity contribution < 1.29 is 19.0 Å². The number of ether oxygens (including phenoxy) is 3. The SMILES string of the molecule is COC(=O)COc1cccc(N2CC(CCN[C@H](C)c3cccc4ccccc34)Oc3ccccc32)c1. The molecule has 0 aromatic heterocycles. The zero-order chi connectivity index (χ0) is 25.6. The normalized spacial score (nSPS) is 15.5. The summed E-state index contributed by atoms with van der Waals surface area (Å²) in [5.74, 6) is 1.07. The van der Waals surface area contributed by atoms with E-state index in [1.165, 1.54) is 23.4 Å². The molecule has 190 valence electrons. The predicted molar refractivity (Wildman–Crippen MR) is 147 cm³/mol. The molecule has 1 N–H and O–H groups in total. The molecule has 5 rings (SSSR count). The lowest BCUT2D eigenvalue weighted by Gasteiger charge is -2.36. The fraction of sp³-hybridized carbons (Fsp3) is 0.258. The van der Waals surface area contributed by atoms with Gasteiger partial charge in [-0.3, -0.25) is 0 Å². The second kappa shape index (κ2) is 11.4. The maximum absolute atomic E-state index is 11.5. The third-order valence-corrected chi connectivity index (χ3v) is 6.76. The van der Waals surface area contributed by atoms with E-state index in [0.717, 1.165) is 30.1 Å². The fourth-order valence-electron chi connectivity index (χ4n) is 4.83. The molecule has 1 aliphatic heterocycles. The lowest BCUT2D eigenvalue weighted by Crippen LogP contribution is -2.39. The summed E-state index contributed by atoms with van der Waals surface area (Å²) in [6, 6.07) is 31.1. The van der Waals surface area contributed by atoms with Gasteiger partial charge in [-0.1, -0.05) is 60.7 Å². The first-order chi connectivity index (χ1) is 18.1. The first kappa shape index (κ1) is 24.7. The Morgan fingerprint density at radius 2 is 1.81 bits per heavy atom. The Balaban J connectivity index is 1.27. The number of fused-ring (bicyclic) bond motifs is 2. The minimum absolute atomic E-state index is 0.0155. The van der Waals surface area contributed by atoms with Gasteiger partial charge in [0.1, 0.15) is 17.6 Å². The minimum atomic E-state index is -0.410. The molecular weight excluding hydrogens is 464 g/mol. The van der Waals surface area contributed by atoms with Gasteiger partial charge in [0, 0.05) is 17.8 Å². The van der Waals surface area contributed by atoms with Crippen LogP contribution in [0.3, 0.4) is 0 Å². The number of nitrogens with zero attached hydrogens (tertiary/aromatic N) is 1. The number of methoxy groups -OCH3 is 1. The number of hydrogen-bond acceptors (Lipinski definition) is 6. The summed E-state index contributed by atoms with van der Waals surface area (Å²) in [7, 11) is 1.35. The van der Waals surface area contributed by atoms with Crippen LogP contribution in [0.5, 0.6) is 11.5 Å². The molecule has 4 aromatic rings. The lowest BCUT2D eigenvalue weighted by molar-refractivity contribution is -0.142. The van der Waals surface area contributed by atoms with Crippen LogP contribution in [0.4, 0.5) is 11.4 Å². The molecular formula is C31H32N2O4. The summed E-state index contributed by atoms with van der Waals surface area (Å²) >= 11 is 0. The van der Waals surface area contributed by atoms with Crippen LogP contribution in [0, 0.1) is 0 Å². The van der Waals surface area contributed by atoms with Crippen molar-refractivity contribution in [2.45, 2.75) is 25.5 Å². The molecule has 1 unspecified atom stereocenters. The highest BCUT2D eigenvalue weighted by Crippen LogP contribution is 2.39. The van der Waals surface area contributed by atoms with Gasteiger partial charge in [0.2, 0.25) is 0 Å². The van der Waals surface area contributed by atoms with Gasteiger partial charge in [-0.15, -0.1) is 0 Å². The van der Waals surface area contributed by atoms with Crippen molar-refractivity contribution in [3.63, 3.8) is 0 Å². The number of hydrogen-bond donors (Lipinski definition) is 1. The monoisotopic (exact) mass is 496 g/mol. The largest absolute Gasteiger partial charge is 0.486 e. The van der Waals surface area contributed by atoms with Crippen LogP contribution < -0.4 is 19.7 Å². The summed E-state index contributed by atoms with van der Waals surface area (Å²) < 4.78 is 16.7. The summed E-state index contributed by atoms with van der Waals surface area (Å²) in [6.07, 6.45) is 0.875. The number of anilines is 2. The Hall–Kier alpha value is -4.03. The van der Waals surface area contributed by atoms with Gasteiger partial charge in [-0.05, 0) is 60.5 Å². The first-order valence-electron chi connectivity index (χ1n) is 12.7. The van der Waals surface area contributed by atoms with Crippen LogP contribution in [-0.2, 0) is 9.53 Å². The second-order valence-electron chi connectivity index (χ2n) is 9.21. The summed E-state index contributed by atoms with van der Waals surface area (Å²) in [6.45, 7) is 3.63. The maximum Gasteiger partial charge on any atom is 0.343 e. The average Bonchev–Trinajstić information content (AvgIpc) is 2.95. The Labute approximate surface area is 217 Å². The fourth-order valence-corrected chi connectivity index (χ4v) is 4.83. The summed E-state index contributed by atoms with van der Waals surface area (Å²) in [4.78, 5) is 13.8. The van der Waals surface area contributed by atoms with Crippen molar-refractivity contribution in [3.05, 3.63) is 96.6 Å². The van der Waals surface area contributed by atoms with Crippen LogP contribution in [-0.4, -0.2) is 38.9 Å². The van der Waals surface area contributed by atoms with Gasteiger partial charge in [0.15, 0.2) is 6.61 Å². The standard InChI is InChI=1S/C31H32N2O4/c1-22(27-14-7-10-23-9-3-4-13-28(23)27)32-18-17-26-20-33(29-15-5-6-16-30(29)37-26)24-11-8-12-25(19-24)36-21-31(34)35-2/h3-16,19,22,26,32H,17-18,20-21H2,1-2H3/t22-,26?/m1/s1. The zero-order valence-electron chi connectivity index (χ0n) is 21.2. The van der Waals surface area contributed by atoms with Crippen molar-refractivity contribution in [1.82, 2.24) is 5.32 Å². The maximum atomic E-state index is 11.5. The molecule has 37 heavy (non-hydrogen) atoms. The molecule has 1 heterocycles. The van der Waals surface area contributed by atoms with Crippen LogP contribution >= 0.6 is 0 Å². The van der Waals surface area contributed by atoms with E-state index in [0.29, 0.717) is 12.3 Å². The number of para-hydroxylation sites is 2. The van der Waals surface area contributed by atoms with E-state index in [9.17, 15) is 4.79 Å². The van der Waals surface area contributed by atoms with Gasteiger partial charge < -0.3 is 24.4 Å². The number of esters is 1. The molecule has 0 aliphatic carbocycles. The number of benzene rings is 4. The Kier molecular flexibility index (Phi) is 7.57. The van der Waals surface area contributed by atoms with Crippen LogP contribution in [0.2, 0.25) is 0 Å². The molecule has 0 amide bonds. The van der Waals surface area contributed by atoms with E-state index in [-0.39, 0.29) is 18.8 Å². The van der Waals surface area contributed by atoms with Crippen molar-refractivity contribution in [2.75, 3.05) is 31.7 Å². The van der Waals surface area contributed by atoms with E-state index in [4.69, 9.17) is 9.47 Å². The number of carbonyl (C=O) groups is 1. The summed E-state index contributed by atoms with van der Waals surface area (Å²) in [5.41, 5.74) is 3.31. The third kappa shape index (κ3) is 5.70. The number of carbonyl (C=O) groups excluding carboxylic acids is 1. The minimum Gasteiger partial charge on any atom is -0.486 e. The molecule has 1 aliphatic rings. The quantitative estimate of drug-likeness (QED) is 0.286. The van der Waals surface area contributed by atoms with Gasteiger partial charge >= 0.3 is 5.97 Å². The van der Waals surface area contributed by atoms with E-state index in [2.05, 4.69) is 70.4 Å². The molecule has 0 fully saturated rings. The van der Waals surface area contributed by atoms with Gasteiger partial charge in [-0.2, -0.15) is 0 Å². The molecule has 0 spiro atoms. The first-order valence-corrected chi connectivity index (χ1v) is 12.7. The lowest BCUT2D eigenvalue weighted by atomic mass is 9.99. The highest BCUT2D eigenvalue weighted by Gasteiger charge is 2.27. The Bertz CT molecular complexity index is 1370. The molecule has 6 nitrogen and oxygen atoms in total. The molecule has 6 heteroatoms. The Morgan fingerprint density at radius 1 is 1.03 bits per heavy atom. The van der Waals surface area contributed by atoms with Crippen molar-refractivity contribution in [3.8, 4) is 11.5 Å². The van der Waals surface area contributed by atoms with Crippen molar-refractivity contribution in [1.29, 1.82) is 0 Å². The molecule has 0 saturated carbocycles. The van der Waals surface area contributed by atoms with Crippen LogP contribution in [0.25, 0.3) is 10.8 Å². The highest BCUT2D eigenvalue weighted by molar-refractivity contribution is 5.86. The third-order valence-electron chi connectivity index (χ3n) is 6.76. The van der Waals surface area contributed by atoms with E-state index < -0.39 is 5.97 Å². The topological polar surface area (TPSA) is 60.0 Å². The van der Waals surface area contributed by atoms with Crippen molar-refractivity contribution in [2.24, 2.45) is 0 Å². The van der Waals surface area contributed by atoms with Crippen molar-refractivity contribution >= 4 is 28.1 Å². The molecule has 0 radical (unpaired) electrons. The number of rotatable bonds is 9. The van der Waals surface area contributed by atoms with E-state index >= 15 is 0 Å². The average molecular weight is 497 g/mol. The van der Waals surface area contributed by atoms with E-state index in [1.54, 1.807) is 0 Å². The van der Waals surface area contributed by atoms with Gasteiger partial charge in [-0.25, -0.2) is 4.79 Å². The Morgan fingerprint density at radius 3 is 2.70 bits per heavy atom. The molecule has 0 saturated heterocycles. The highest BCUT2D eigenvalue weighted by atomic mass is 16.6. The molecule has 2 atom stereocenters. The van der Waals surface area contributed by atoms with E-state index in [1.807, 2.05) is 42.5 Å². The zero-order valence-corrected chi connectivity index (χ0v) is 21.2. The predicted octanol–water partition coefficient (Wildman–Crippen LogP) is 6.03.